The molecule has 1 aromatic carbocycles. The summed E-state index contributed by atoms with van der Waals surface area (Å²) in [5.41, 5.74) is -0.953. The normalized spacial score (nSPS) is 14.1. The summed E-state index contributed by atoms with van der Waals surface area (Å²) in [6.45, 7) is 0. The number of amides is 2. The number of hydroxylamine groups is 2. The Balaban J connectivity index is 1.44. The van der Waals surface area contributed by atoms with Gasteiger partial charge < -0.3 is 14.4 Å². The summed E-state index contributed by atoms with van der Waals surface area (Å²) in [4.78, 5) is 52.2. The Labute approximate surface area is 212 Å². The van der Waals surface area contributed by atoms with Gasteiger partial charge in [0, 0.05) is 40.5 Å². The lowest BCUT2D eigenvalue weighted by Gasteiger charge is -2.12. The minimum atomic E-state index is -4.63. The molecule has 1 aliphatic rings. The van der Waals surface area contributed by atoms with E-state index in [1.54, 1.807) is 0 Å². The van der Waals surface area contributed by atoms with Gasteiger partial charge in [-0.2, -0.15) is 8.42 Å². The first-order valence-electron chi connectivity index (χ1n) is 11.1. The molecule has 3 aromatic rings. The molecule has 196 valence electrons. The molecule has 1 fully saturated rings. The summed E-state index contributed by atoms with van der Waals surface area (Å²) in [5, 5.41) is 10.1. The molecule has 4 rings (SSSR count). The van der Waals surface area contributed by atoms with Gasteiger partial charge in [0.1, 0.15) is 10.5 Å². The fourth-order valence-corrected chi connectivity index (χ4v) is 6.05. The van der Waals surface area contributed by atoms with Crippen molar-refractivity contribution in [3.05, 3.63) is 45.4 Å². The number of unbranched alkanes of at least 4 members (excludes halogenated alkanes) is 2. The zero-order valence-corrected chi connectivity index (χ0v) is 20.7. The van der Waals surface area contributed by atoms with Gasteiger partial charge in [0.25, 0.3) is 21.9 Å². The minimum Gasteiger partial charge on any atom is -0.505 e. The van der Waals surface area contributed by atoms with Gasteiger partial charge >= 0.3 is 11.6 Å². The molecule has 11 nitrogen and oxygen atoms in total. The van der Waals surface area contributed by atoms with Crippen molar-refractivity contribution in [2.75, 3.05) is 0 Å². The fourth-order valence-electron chi connectivity index (χ4n) is 3.77. The van der Waals surface area contributed by atoms with E-state index in [2.05, 4.69) is 0 Å². The summed E-state index contributed by atoms with van der Waals surface area (Å²) < 4.78 is 52.4. The highest BCUT2D eigenvalue weighted by atomic mass is 32.2. The number of phenols is 1. The molecule has 1 aliphatic heterocycles. The number of hydrogen-bond donors (Lipinski definition) is 2. The average molecular weight is 554 g/mol. The smallest absolute Gasteiger partial charge is 0.345 e. The monoisotopic (exact) mass is 553 g/mol. The number of aryl methyl sites for hydroxylation is 1. The molecule has 2 aromatic heterocycles. The van der Waals surface area contributed by atoms with E-state index < -0.39 is 45.1 Å². The van der Waals surface area contributed by atoms with Crippen molar-refractivity contribution >= 4 is 50.2 Å². The standard InChI is InChI=1S/C23H20FNO10S2/c24-14-9-12-8-13(23(30)34-16(12)10-15(14)26)18-11-19(37(31,32)33)17(36-18)4-2-1-3-5-22(29)35-25-20(27)6-7-21(25)28/h8-11,26H,1-7H2,(H,31,32,33). The quantitative estimate of drug-likeness (QED) is 0.173. The summed E-state index contributed by atoms with van der Waals surface area (Å²) in [6.07, 6.45) is 1.31. The van der Waals surface area contributed by atoms with Crippen molar-refractivity contribution in [3.63, 3.8) is 0 Å². The molecule has 0 bridgehead atoms. The SMILES string of the molecule is O=C(CCCCCc1sc(-c2cc3cc(F)c(O)cc3oc2=O)cc1S(=O)(=O)O)ON1C(=O)CCC1=O. The molecule has 0 radical (unpaired) electrons. The zero-order valence-electron chi connectivity index (χ0n) is 19.1. The molecule has 0 aliphatic carbocycles. The lowest BCUT2D eigenvalue weighted by Crippen LogP contribution is -2.31. The van der Waals surface area contributed by atoms with E-state index in [4.69, 9.17) is 9.25 Å². The van der Waals surface area contributed by atoms with Crippen LogP contribution in [0.3, 0.4) is 0 Å². The highest BCUT2D eigenvalue weighted by Gasteiger charge is 2.32. The summed E-state index contributed by atoms with van der Waals surface area (Å²) in [7, 11) is -4.63. The highest BCUT2D eigenvalue weighted by Crippen LogP contribution is 2.35. The molecule has 0 atom stereocenters. The van der Waals surface area contributed by atoms with Crippen molar-refractivity contribution in [2.45, 2.75) is 49.8 Å². The topological polar surface area (TPSA) is 168 Å². The largest absolute Gasteiger partial charge is 0.505 e. The number of carbonyl (C=O) groups is 3. The van der Waals surface area contributed by atoms with Crippen LogP contribution in [0.5, 0.6) is 5.75 Å². The Bertz CT molecular complexity index is 1560. The van der Waals surface area contributed by atoms with Crippen LogP contribution in [0.1, 0.15) is 43.4 Å². The minimum absolute atomic E-state index is 0.00731. The van der Waals surface area contributed by atoms with Gasteiger partial charge in [-0.05, 0) is 37.5 Å². The second-order valence-corrected chi connectivity index (χ2v) is 10.8. The number of phenolic OH excluding ortho intramolecular Hbond substituents is 1. The molecular weight excluding hydrogens is 533 g/mol. The Kier molecular flexibility index (Phi) is 7.43. The number of aromatic hydroxyl groups is 1. The van der Waals surface area contributed by atoms with E-state index >= 15 is 0 Å². The van der Waals surface area contributed by atoms with Gasteiger partial charge in [-0.3, -0.25) is 14.1 Å². The van der Waals surface area contributed by atoms with Crippen LogP contribution in [0.15, 0.2) is 38.4 Å². The van der Waals surface area contributed by atoms with E-state index in [1.165, 1.54) is 6.07 Å². The molecular formula is C23H20FNO10S2. The van der Waals surface area contributed by atoms with Crippen molar-refractivity contribution in [1.82, 2.24) is 5.06 Å². The van der Waals surface area contributed by atoms with Crippen LogP contribution in [0.2, 0.25) is 0 Å². The molecule has 14 heteroatoms. The van der Waals surface area contributed by atoms with E-state index in [9.17, 15) is 41.6 Å². The number of thiophene rings is 1. The van der Waals surface area contributed by atoms with Gasteiger partial charge in [0.15, 0.2) is 11.6 Å². The molecule has 0 unspecified atom stereocenters. The molecule has 2 amide bonds. The number of hydrogen-bond acceptors (Lipinski definition) is 10. The number of imide groups is 1. The van der Waals surface area contributed by atoms with Gasteiger partial charge in [0.2, 0.25) is 0 Å². The Morgan fingerprint density at radius 2 is 1.78 bits per heavy atom. The summed E-state index contributed by atoms with van der Waals surface area (Å²) >= 11 is 0.940. The van der Waals surface area contributed by atoms with Crippen molar-refractivity contribution < 1.29 is 46.1 Å². The van der Waals surface area contributed by atoms with E-state index in [-0.39, 0.29) is 56.9 Å². The summed E-state index contributed by atoms with van der Waals surface area (Å²) in [5.74, 6) is -3.52. The third-order valence-electron chi connectivity index (χ3n) is 5.60. The lowest BCUT2D eigenvalue weighted by atomic mass is 10.1. The second kappa shape index (κ2) is 10.4. The van der Waals surface area contributed by atoms with Gasteiger partial charge in [-0.1, -0.05) is 6.42 Å². The first kappa shape index (κ1) is 26.4. The fraction of sp³-hybridized carbons (Fsp3) is 0.304. The van der Waals surface area contributed by atoms with E-state index in [0.29, 0.717) is 24.3 Å². The molecule has 2 N–H and O–H groups in total. The maximum Gasteiger partial charge on any atom is 0.345 e. The second-order valence-electron chi connectivity index (χ2n) is 8.27. The predicted octanol–water partition coefficient (Wildman–Crippen LogP) is 3.32. The summed E-state index contributed by atoms with van der Waals surface area (Å²) in [6, 6.07) is 4.35. The van der Waals surface area contributed by atoms with Crippen LogP contribution in [0.25, 0.3) is 21.4 Å². The van der Waals surface area contributed by atoms with Crippen molar-refractivity contribution in [2.24, 2.45) is 0 Å². The van der Waals surface area contributed by atoms with E-state index in [0.717, 1.165) is 29.5 Å². The van der Waals surface area contributed by atoms with Crippen molar-refractivity contribution in [3.8, 4) is 16.2 Å². The van der Waals surface area contributed by atoms with Crippen LogP contribution in [0.4, 0.5) is 4.39 Å². The number of nitrogens with zero attached hydrogens (tertiary/aromatic N) is 1. The Hall–Kier alpha value is -3.62. The molecule has 0 spiro atoms. The highest BCUT2D eigenvalue weighted by molar-refractivity contribution is 7.86. The molecule has 37 heavy (non-hydrogen) atoms. The maximum atomic E-state index is 13.8. The molecule has 3 heterocycles. The third kappa shape index (κ3) is 5.87. The van der Waals surface area contributed by atoms with Crippen LogP contribution < -0.4 is 5.63 Å². The maximum absolute atomic E-state index is 13.8. The number of benzene rings is 1. The van der Waals surface area contributed by atoms with Crippen LogP contribution in [-0.2, 0) is 35.8 Å². The first-order chi connectivity index (χ1) is 17.4. The number of rotatable bonds is 9. The van der Waals surface area contributed by atoms with Crippen LogP contribution in [-0.4, -0.2) is 40.9 Å². The molecule has 0 saturated carbocycles. The molecule has 1 saturated heterocycles. The van der Waals surface area contributed by atoms with Crippen molar-refractivity contribution in [1.29, 1.82) is 0 Å². The predicted molar refractivity (Wildman–Crippen MR) is 127 cm³/mol. The van der Waals surface area contributed by atoms with Gasteiger partial charge in [-0.15, -0.1) is 16.4 Å². The van der Waals surface area contributed by atoms with E-state index in [1.807, 2.05) is 0 Å². The van der Waals surface area contributed by atoms with Gasteiger partial charge in [-0.25, -0.2) is 14.0 Å². The van der Waals surface area contributed by atoms with Crippen LogP contribution in [0, 0.1) is 5.82 Å². The number of fused-ring (bicyclic) bond motifs is 1. The number of halogens is 1. The lowest BCUT2D eigenvalue weighted by molar-refractivity contribution is -0.197. The Morgan fingerprint density at radius 1 is 1.08 bits per heavy atom. The van der Waals surface area contributed by atoms with Crippen LogP contribution >= 0.6 is 11.3 Å². The van der Waals surface area contributed by atoms with Gasteiger partial charge in [0.05, 0.1) is 5.56 Å². The number of carbonyl (C=O) groups excluding carboxylic acids is 3. The zero-order chi connectivity index (χ0) is 26.9. The third-order valence-corrected chi connectivity index (χ3v) is 7.88. The average Bonchev–Trinajstić information content (AvgIpc) is 3.38. The Morgan fingerprint density at radius 3 is 2.46 bits per heavy atom. The first-order valence-corrected chi connectivity index (χ1v) is 13.3.